The molecule has 15 heavy (non-hydrogen) atoms. The molecule has 4 nitrogen and oxygen atoms in total. The number of ether oxygens (including phenoxy) is 1. The van der Waals surface area contributed by atoms with Crippen LogP contribution in [0.5, 0.6) is 0 Å². The first kappa shape index (κ1) is 11.9. The van der Waals surface area contributed by atoms with E-state index in [1.54, 1.807) is 6.20 Å². The average molecular weight is 209 g/mol. The molecule has 0 saturated carbocycles. The Kier molecular flexibility index (Phi) is 5.07. The number of pyridine rings is 1. The molecular formula is C11H19N3O. The van der Waals surface area contributed by atoms with Gasteiger partial charge in [0.15, 0.2) is 0 Å². The number of hydrogen-bond acceptors (Lipinski definition) is 4. The van der Waals surface area contributed by atoms with Crippen LogP contribution in [-0.4, -0.2) is 25.2 Å². The summed E-state index contributed by atoms with van der Waals surface area (Å²) in [6.07, 6.45) is 4.41. The van der Waals surface area contributed by atoms with Crippen molar-refractivity contribution in [3.8, 4) is 0 Å². The van der Waals surface area contributed by atoms with E-state index >= 15 is 0 Å². The molecule has 0 aliphatic heterocycles. The Hall–Kier alpha value is -1.13. The van der Waals surface area contributed by atoms with Gasteiger partial charge in [-0.3, -0.25) is 4.98 Å². The Bertz CT molecular complexity index is 291. The summed E-state index contributed by atoms with van der Waals surface area (Å²) in [5.41, 5.74) is 7.70. The summed E-state index contributed by atoms with van der Waals surface area (Å²) in [5, 5.41) is 3.22. The van der Waals surface area contributed by atoms with Crippen molar-refractivity contribution >= 4 is 5.69 Å². The predicted octanol–water partition coefficient (Wildman–Crippen LogP) is 1.35. The highest BCUT2D eigenvalue weighted by Gasteiger charge is 2.11. The van der Waals surface area contributed by atoms with E-state index in [0.29, 0.717) is 0 Å². The third-order valence-electron chi connectivity index (χ3n) is 2.37. The molecule has 0 saturated heterocycles. The smallest absolute Gasteiger partial charge is 0.0484 e. The number of nitrogens with zero attached hydrogens (tertiary/aromatic N) is 1. The Labute approximate surface area is 90.8 Å². The molecule has 0 aromatic carbocycles. The molecule has 3 N–H and O–H groups in total. The van der Waals surface area contributed by atoms with Crippen molar-refractivity contribution in [2.75, 3.05) is 26.0 Å². The topological polar surface area (TPSA) is 60.2 Å². The van der Waals surface area contributed by atoms with Gasteiger partial charge >= 0.3 is 0 Å². The largest absolute Gasteiger partial charge is 0.398 e. The van der Waals surface area contributed by atoms with Gasteiger partial charge in [0.2, 0.25) is 0 Å². The van der Waals surface area contributed by atoms with Crippen molar-refractivity contribution in [3.05, 3.63) is 24.0 Å². The minimum absolute atomic E-state index is 0.213. The van der Waals surface area contributed by atoms with Gasteiger partial charge in [-0.05, 0) is 26.5 Å². The summed E-state index contributed by atoms with van der Waals surface area (Å²) in [6.45, 7) is 3.47. The van der Waals surface area contributed by atoms with Crippen LogP contribution in [0, 0.1) is 0 Å². The van der Waals surface area contributed by atoms with E-state index in [9.17, 15) is 0 Å². The van der Waals surface area contributed by atoms with Crippen LogP contribution in [0.15, 0.2) is 18.5 Å². The van der Waals surface area contributed by atoms with Crippen LogP contribution < -0.4 is 11.1 Å². The molecule has 0 fully saturated rings. The number of nitrogen functional groups attached to an aromatic ring is 1. The van der Waals surface area contributed by atoms with Gasteiger partial charge in [0, 0.05) is 42.9 Å². The molecule has 84 valence electrons. The van der Waals surface area contributed by atoms with Crippen LogP contribution in [0.25, 0.3) is 0 Å². The minimum atomic E-state index is 0.213. The molecule has 0 radical (unpaired) electrons. The molecule has 4 heteroatoms. The fourth-order valence-electron chi connectivity index (χ4n) is 1.51. The molecule has 1 heterocycles. The third-order valence-corrected chi connectivity index (χ3v) is 2.37. The molecule has 1 atom stereocenters. The highest BCUT2D eigenvalue weighted by Crippen LogP contribution is 2.21. The first-order valence-electron chi connectivity index (χ1n) is 5.24. The molecule has 1 rings (SSSR count). The number of nitrogens with one attached hydrogen (secondary N) is 1. The summed E-state index contributed by atoms with van der Waals surface area (Å²) in [4.78, 5) is 4.08. The Balaban J connectivity index is 2.61. The Morgan fingerprint density at radius 3 is 3.00 bits per heavy atom. The zero-order valence-electron chi connectivity index (χ0n) is 9.36. The number of anilines is 1. The van der Waals surface area contributed by atoms with E-state index in [1.807, 2.05) is 26.2 Å². The van der Waals surface area contributed by atoms with Gasteiger partial charge in [0.25, 0.3) is 0 Å². The lowest BCUT2D eigenvalue weighted by Gasteiger charge is -2.17. The second-order valence-electron chi connectivity index (χ2n) is 3.33. The van der Waals surface area contributed by atoms with E-state index < -0.39 is 0 Å². The van der Waals surface area contributed by atoms with Crippen molar-refractivity contribution < 1.29 is 4.74 Å². The van der Waals surface area contributed by atoms with Crippen molar-refractivity contribution in [2.45, 2.75) is 19.4 Å². The number of nitrogens with two attached hydrogens (primary N) is 1. The Morgan fingerprint density at radius 1 is 1.60 bits per heavy atom. The fraction of sp³-hybridized carbons (Fsp3) is 0.545. The monoisotopic (exact) mass is 209 g/mol. The van der Waals surface area contributed by atoms with E-state index in [-0.39, 0.29) is 6.04 Å². The maximum atomic E-state index is 5.88. The SMILES string of the molecule is CCOCCC(NC)c1cnccc1N. The lowest BCUT2D eigenvalue weighted by atomic mass is 10.1. The van der Waals surface area contributed by atoms with Crippen LogP contribution in [0.2, 0.25) is 0 Å². The maximum Gasteiger partial charge on any atom is 0.0484 e. The summed E-state index contributed by atoms with van der Waals surface area (Å²) in [5.74, 6) is 0. The molecule has 1 aromatic heterocycles. The van der Waals surface area contributed by atoms with Gasteiger partial charge in [0.1, 0.15) is 0 Å². The first-order valence-corrected chi connectivity index (χ1v) is 5.24. The van der Waals surface area contributed by atoms with Crippen LogP contribution >= 0.6 is 0 Å². The van der Waals surface area contributed by atoms with Gasteiger partial charge in [-0.1, -0.05) is 0 Å². The molecule has 0 aliphatic rings. The van der Waals surface area contributed by atoms with E-state index in [0.717, 1.165) is 30.9 Å². The highest BCUT2D eigenvalue weighted by atomic mass is 16.5. The molecular weight excluding hydrogens is 190 g/mol. The minimum Gasteiger partial charge on any atom is -0.398 e. The third kappa shape index (κ3) is 3.49. The summed E-state index contributed by atoms with van der Waals surface area (Å²) in [6, 6.07) is 2.03. The summed E-state index contributed by atoms with van der Waals surface area (Å²) >= 11 is 0. The zero-order chi connectivity index (χ0) is 11.1. The molecule has 1 aromatic rings. The van der Waals surface area contributed by atoms with E-state index in [2.05, 4.69) is 10.3 Å². The van der Waals surface area contributed by atoms with Crippen LogP contribution in [0.4, 0.5) is 5.69 Å². The van der Waals surface area contributed by atoms with Crippen molar-refractivity contribution in [3.63, 3.8) is 0 Å². The summed E-state index contributed by atoms with van der Waals surface area (Å²) < 4.78 is 5.33. The first-order chi connectivity index (χ1) is 7.29. The van der Waals surface area contributed by atoms with E-state index in [4.69, 9.17) is 10.5 Å². The average Bonchev–Trinajstić information content (AvgIpc) is 2.26. The standard InChI is InChI=1S/C11H19N3O/c1-3-15-7-5-11(13-2)9-8-14-6-4-10(9)12/h4,6,8,11,13H,3,5,7H2,1-2H3,(H2,12,14). The lowest BCUT2D eigenvalue weighted by molar-refractivity contribution is 0.137. The van der Waals surface area contributed by atoms with Gasteiger partial charge < -0.3 is 15.8 Å². The van der Waals surface area contributed by atoms with Gasteiger partial charge in [-0.15, -0.1) is 0 Å². The predicted molar refractivity (Wildman–Crippen MR) is 61.6 cm³/mol. The second-order valence-corrected chi connectivity index (χ2v) is 3.33. The van der Waals surface area contributed by atoms with Crippen molar-refractivity contribution in [1.82, 2.24) is 10.3 Å². The molecule has 0 spiro atoms. The Morgan fingerprint density at radius 2 is 2.40 bits per heavy atom. The zero-order valence-corrected chi connectivity index (χ0v) is 9.36. The molecule has 0 bridgehead atoms. The number of hydrogen-bond donors (Lipinski definition) is 2. The molecule has 0 aliphatic carbocycles. The quantitative estimate of drug-likeness (QED) is 0.694. The maximum absolute atomic E-state index is 5.88. The van der Waals surface area contributed by atoms with Gasteiger partial charge in [0.05, 0.1) is 0 Å². The number of aromatic nitrogens is 1. The van der Waals surface area contributed by atoms with E-state index in [1.165, 1.54) is 0 Å². The van der Waals surface area contributed by atoms with Crippen molar-refractivity contribution in [2.24, 2.45) is 0 Å². The van der Waals surface area contributed by atoms with Crippen LogP contribution in [0.3, 0.4) is 0 Å². The highest BCUT2D eigenvalue weighted by molar-refractivity contribution is 5.46. The molecule has 0 amide bonds. The lowest BCUT2D eigenvalue weighted by Crippen LogP contribution is -2.19. The van der Waals surface area contributed by atoms with Crippen LogP contribution in [0.1, 0.15) is 24.9 Å². The normalized spacial score (nSPS) is 12.7. The van der Waals surface area contributed by atoms with Gasteiger partial charge in [-0.2, -0.15) is 0 Å². The number of rotatable bonds is 6. The van der Waals surface area contributed by atoms with Crippen LogP contribution in [-0.2, 0) is 4.74 Å². The van der Waals surface area contributed by atoms with Crippen molar-refractivity contribution in [1.29, 1.82) is 0 Å². The van der Waals surface area contributed by atoms with Gasteiger partial charge in [-0.25, -0.2) is 0 Å². The fourth-order valence-corrected chi connectivity index (χ4v) is 1.51. The molecule has 1 unspecified atom stereocenters. The second kappa shape index (κ2) is 6.37. The summed E-state index contributed by atoms with van der Waals surface area (Å²) in [7, 11) is 1.92.